The first-order chi connectivity index (χ1) is 15.8. The molecule has 0 aliphatic heterocycles. The van der Waals surface area contributed by atoms with Crippen molar-refractivity contribution in [3.05, 3.63) is 11.6 Å². The maximum Gasteiger partial charge on any atom is 0.192 e. The van der Waals surface area contributed by atoms with Crippen molar-refractivity contribution in [3.63, 3.8) is 0 Å². The average molecular weight is 513 g/mol. The van der Waals surface area contributed by atoms with E-state index in [0.717, 1.165) is 38.5 Å². The van der Waals surface area contributed by atoms with Crippen LogP contribution in [-0.4, -0.2) is 40.1 Å². The van der Waals surface area contributed by atoms with Crippen LogP contribution < -0.4 is 0 Å². The number of unbranched alkanes of at least 4 members (excludes halogenated alkanes) is 2. The Morgan fingerprint density at radius 3 is 2.06 bits per heavy atom. The van der Waals surface area contributed by atoms with Gasteiger partial charge in [0.2, 0.25) is 0 Å². The Morgan fingerprint density at radius 2 is 1.56 bits per heavy atom. The van der Waals surface area contributed by atoms with E-state index in [2.05, 4.69) is 74.6 Å². The molecule has 1 aliphatic carbocycles. The van der Waals surface area contributed by atoms with Gasteiger partial charge in [-0.25, -0.2) is 0 Å². The van der Waals surface area contributed by atoms with Crippen molar-refractivity contribution in [2.24, 2.45) is 5.92 Å². The van der Waals surface area contributed by atoms with Gasteiger partial charge in [0.1, 0.15) is 0 Å². The summed E-state index contributed by atoms with van der Waals surface area (Å²) in [6.07, 6.45) is 12.9. The maximum atomic E-state index is 9.59. The SMILES string of the molecule is CCCCCC(C)(CCC1=CCC(O[Si](CC)(CC)CC)C1CCCO)O[Si](C)(C)C(C)(C)C. The van der Waals surface area contributed by atoms with E-state index in [-0.39, 0.29) is 17.2 Å². The monoisotopic (exact) mass is 512 g/mol. The number of hydrogen-bond acceptors (Lipinski definition) is 3. The molecule has 3 atom stereocenters. The molecule has 1 aliphatic rings. The Kier molecular flexibility index (Phi) is 13.3. The standard InChI is InChI=1S/C29H60O3Si2/c1-11-15-16-22-29(8,32-33(9,10)28(5,6)7)23-21-25-19-20-27(26(25)18-17-24-30)31-34(12-2,13-3)14-4/h19,26-27,30H,11-18,20-24H2,1-10H3. The molecule has 0 radical (unpaired) electrons. The van der Waals surface area contributed by atoms with Crippen molar-refractivity contribution in [2.45, 2.75) is 161 Å². The van der Waals surface area contributed by atoms with Gasteiger partial charge in [-0.2, -0.15) is 0 Å². The smallest absolute Gasteiger partial charge is 0.192 e. The van der Waals surface area contributed by atoms with Crippen LogP contribution in [0.3, 0.4) is 0 Å². The highest BCUT2D eigenvalue weighted by molar-refractivity contribution is 6.74. The van der Waals surface area contributed by atoms with E-state index in [1.165, 1.54) is 37.4 Å². The molecule has 0 aromatic heterocycles. The summed E-state index contributed by atoms with van der Waals surface area (Å²) >= 11 is 0. The summed E-state index contributed by atoms with van der Waals surface area (Å²) in [7, 11) is -3.49. The number of rotatable bonds is 17. The Hall–Kier alpha value is 0.0538. The molecule has 0 amide bonds. The summed E-state index contributed by atoms with van der Waals surface area (Å²) in [4.78, 5) is 0. The molecule has 0 heterocycles. The summed E-state index contributed by atoms with van der Waals surface area (Å²) in [5.74, 6) is 0.469. The predicted molar refractivity (Wildman–Crippen MR) is 155 cm³/mol. The van der Waals surface area contributed by atoms with Crippen molar-refractivity contribution in [1.29, 1.82) is 0 Å². The fourth-order valence-electron chi connectivity index (χ4n) is 5.40. The zero-order valence-electron chi connectivity index (χ0n) is 24.7. The van der Waals surface area contributed by atoms with Crippen molar-refractivity contribution in [1.82, 2.24) is 0 Å². The minimum Gasteiger partial charge on any atom is -0.413 e. The van der Waals surface area contributed by atoms with E-state index in [4.69, 9.17) is 8.85 Å². The highest BCUT2D eigenvalue weighted by Gasteiger charge is 2.43. The minimum absolute atomic E-state index is 0.0613. The van der Waals surface area contributed by atoms with Crippen LogP contribution in [0.4, 0.5) is 0 Å². The van der Waals surface area contributed by atoms with Crippen LogP contribution in [0.1, 0.15) is 113 Å². The lowest BCUT2D eigenvalue weighted by Crippen LogP contribution is -2.48. The Morgan fingerprint density at radius 1 is 0.941 bits per heavy atom. The summed E-state index contributed by atoms with van der Waals surface area (Å²) in [5.41, 5.74) is 1.51. The lowest BCUT2D eigenvalue weighted by molar-refractivity contribution is 0.0501. The number of aliphatic hydroxyl groups excluding tert-OH is 1. The molecule has 0 saturated carbocycles. The molecule has 0 aromatic carbocycles. The molecule has 202 valence electrons. The fourth-order valence-corrected chi connectivity index (χ4v) is 10.0. The van der Waals surface area contributed by atoms with Crippen LogP contribution in [0.25, 0.3) is 0 Å². The van der Waals surface area contributed by atoms with Gasteiger partial charge in [-0.3, -0.25) is 0 Å². The van der Waals surface area contributed by atoms with Crippen LogP contribution in [-0.2, 0) is 8.85 Å². The average Bonchev–Trinajstić information content (AvgIpc) is 3.15. The molecule has 0 fully saturated rings. The first kappa shape index (κ1) is 32.1. The Balaban J connectivity index is 3.01. The minimum atomic E-state index is -1.85. The van der Waals surface area contributed by atoms with Gasteiger partial charge in [0.05, 0.1) is 11.7 Å². The Bertz CT molecular complexity index is 599. The zero-order chi connectivity index (χ0) is 26.0. The van der Waals surface area contributed by atoms with Gasteiger partial charge in [-0.1, -0.05) is 79.4 Å². The predicted octanol–water partition coefficient (Wildman–Crippen LogP) is 9.24. The van der Waals surface area contributed by atoms with E-state index >= 15 is 0 Å². The third kappa shape index (κ3) is 9.17. The molecule has 5 heteroatoms. The van der Waals surface area contributed by atoms with Gasteiger partial charge in [0.25, 0.3) is 0 Å². The van der Waals surface area contributed by atoms with E-state index in [9.17, 15) is 5.11 Å². The summed E-state index contributed by atoms with van der Waals surface area (Å²) < 4.78 is 14.1. The van der Waals surface area contributed by atoms with Crippen LogP contribution in [0, 0.1) is 5.92 Å². The molecule has 0 saturated heterocycles. The van der Waals surface area contributed by atoms with E-state index in [1.54, 1.807) is 5.57 Å². The van der Waals surface area contributed by atoms with Crippen molar-refractivity contribution < 1.29 is 14.0 Å². The van der Waals surface area contributed by atoms with E-state index in [0.29, 0.717) is 12.0 Å². The first-order valence-electron chi connectivity index (χ1n) is 14.5. The second-order valence-electron chi connectivity index (χ2n) is 12.7. The molecule has 0 aromatic rings. The van der Waals surface area contributed by atoms with E-state index in [1.807, 2.05) is 0 Å². The molecular weight excluding hydrogens is 452 g/mol. The van der Waals surface area contributed by atoms with Crippen molar-refractivity contribution in [2.75, 3.05) is 6.61 Å². The molecular formula is C29H60O3Si2. The highest BCUT2D eigenvalue weighted by Crippen LogP contribution is 2.44. The Labute approximate surface area is 215 Å². The van der Waals surface area contributed by atoms with Crippen molar-refractivity contribution >= 4 is 16.6 Å². The lowest BCUT2D eigenvalue weighted by atomic mass is 9.86. The van der Waals surface area contributed by atoms with Gasteiger partial charge in [0.15, 0.2) is 16.6 Å². The first-order valence-corrected chi connectivity index (χ1v) is 19.9. The normalized spacial score (nSPS) is 21.6. The molecule has 34 heavy (non-hydrogen) atoms. The highest BCUT2D eigenvalue weighted by atomic mass is 28.4. The summed E-state index contributed by atoms with van der Waals surface area (Å²) in [5, 5.41) is 9.81. The van der Waals surface area contributed by atoms with Crippen LogP contribution >= 0.6 is 0 Å². The second-order valence-corrected chi connectivity index (χ2v) is 22.1. The largest absolute Gasteiger partial charge is 0.413 e. The van der Waals surface area contributed by atoms with Crippen LogP contribution in [0.15, 0.2) is 11.6 Å². The van der Waals surface area contributed by atoms with Gasteiger partial charge in [0, 0.05) is 12.5 Å². The van der Waals surface area contributed by atoms with Crippen molar-refractivity contribution in [3.8, 4) is 0 Å². The molecule has 3 nitrogen and oxygen atoms in total. The zero-order valence-corrected chi connectivity index (χ0v) is 26.7. The summed E-state index contributed by atoms with van der Waals surface area (Å²) in [6, 6.07) is 3.61. The molecule has 0 bridgehead atoms. The number of aliphatic hydroxyl groups is 1. The number of hydrogen-bond donors (Lipinski definition) is 1. The second kappa shape index (κ2) is 14.1. The van der Waals surface area contributed by atoms with Crippen LogP contribution in [0.2, 0.25) is 36.3 Å². The van der Waals surface area contributed by atoms with Gasteiger partial charge < -0.3 is 14.0 Å². The lowest BCUT2D eigenvalue weighted by Gasteiger charge is -2.45. The van der Waals surface area contributed by atoms with Gasteiger partial charge >= 0.3 is 0 Å². The van der Waals surface area contributed by atoms with Gasteiger partial charge in [-0.05, 0) is 81.7 Å². The molecule has 0 spiro atoms. The maximum absolute atomic E-state index is 9.59. The molecule has 3 unspecified atom stereocenters. The summed E-state index contributed by atoms with van der Waals surface area (Å²) in [6.45, 7) is 23.8. The third-order valence-electron chi connectivity index (χ3n) is 9.10. The molecule has 1 rings (SSSR count). The van der Waals surface area contributed by atoms with E-state index < -0.39 is 16.6 Å². The molecule has 1 N–H and O–H groups in total. The third-order valence-corrected chi connectivity index (χ3v) is 18.4. The van der Waals surface area contributed by atoms with Gasteiger partial charge in [-0.15, -0.1) is 0 Å². The fraction of sp³-hybridized carbons (Fsp3) is 0.931. The van der Waals surface area contributed by atoms with Crippen LogP contribution in [0.5, 0.6) is 0 Å². The quantitative estimate of drug-likeness (QED) is 0.120. The topological polar surface area (TPSA) is 38.7 Å².